The molecule has 29 heavy (non-hydrogen) atoms. The van der Waals surface area contributed by atoms with Crippen LogP contribution in [-0.4, -0.2) is 56.3 Å². The summed E-state index contributed by atoms with van der Waals surface area (Å²) in [5.74, 6) is -0.309. The number of hydrogen-bond donors (Lipinski definition) is 1. The number of carbonyl (C=O) groups is 2. The first kappa shape index (κ1) is 20.8. The number of amides is 1. The maximum Gasteiger partial charge on any atom is 0.338 e. The zero-order valence-corrected chi connectivity index (χ0v) is 16.7. The molecule has 0 spiro atoms. The van der Waals surface area contributed by atoms with Crippen molar-refractivity contribution in [2.24, 2.45) is 0 Å². The van der Waals surface area contributed by atoms with Crippen LogP contribution < -0.4 is 10.1 Å². The number of anilines is 1. The Kier molecular flexibility index (Phi) is 7.21. The Balaban J connectivity index is 1.52. The molecular formula is C22H26N2O5. The molecule has 7 nitrogen and oxygen atoms in total. The summed E-state index contributed by atoms with van der Waals surface area (Å²) in [5, 5.41) is 2.72. The van der Waals surface area contributed by atoms with E-state index in [2.05, 4.69) is 10.2 Å². The highest BCUT2D eigenvalue weighted by atomic mass is 16.5. The third-order valence-corrected chi connectivity index (χ3v) is 4.69. The van der Waals surface area contributed by atoms with Gasteiger partial charge in [0, 0.05) is 31.4 Å². The van der Waals surface area contributed by atoms with E-state index in [1.165, 1.54) is 0 Å². The van der Waals surface area contributed by atoms with E-state index in [9.17, 15) is 9.59 Å². The lowest BCUT2D eigenvalue weighted by atomic mass is 10.1. The monoisotopic (exact) mass is 398 g/mol. The molecule has 0 aromatic heterocycles. The quantitative estimate of drug-likeness (QED) is 0.723. The van der Waals surface area contributed by atoms with Crippen molar-refractivity contribution < 1.29 is 23.8 Å². The molecule has 1 fully saturated rings. The molecule has 2 aromatic rings. The van der Waals surface area contributed by atoms with Crippen LogP contribution in [0.1, 0.15) is 22.8 Å². The van der Waals surface area contributed by atoms with Crippen molar-refractivity contribution in [2.45, 2.75) is 19.6 Å². The van der Waals surface area contributed by atoms with Crippen molar-refractivity contribution in [1.82, 2.24) is 4.90 Å². The third kappa shape index (κ3) is 6.04. The van der Waals surface area contributed by atoms with E-state index in [-0.39, 0.29) is 0 Å². The molecule has 1 aliphatic heterocycles. The Hall–Kier alpha value is -2.90. The molecule has 3 rings (SSSR count). The second-order valence-corrected chi connectivity index (χ2v) is 6.85. The Morgan fingerprint density at radius 1 is 1.14 bits per heavy atom. The van der Waals surface area contributed by atoms with Gasteiger partial charge in [-0.15, -0.1) is 0 Å². The summed E-state index contributed by atoms with van der Waals surface area (Å²) in [7, 11) is 1.55. The van der Waals surface area contributed by atoms with E-state index in [1.807, 2.05) is 12.1 Å². The van der Waals surface area contributed by atoms with Gasteiger partial charge in [0.1, 0.15) is 5.75 Å². The smallest absolute Gasteiger partial charge is 0.338 e. The van der Waals surface area contributed by atoms with Crippen molar-refractivity contribution in [3.63, 3.8) is 0 Å². The molecule has 1 amide bonds. The third-order valence-electron chi connectivity index (χ3n) is 4.69. The fourth-order valence-corrected chi connectivity index (χ4v) is 2.99. The Morgan fingerprint density at radius 2 is 1.86 bits per heavy atom. The standard InChI is InChI=1S/C22H26N2O5/c1-16(21(25)23-19-4-3-5-20(14-19)27-2)29-22(26)18-8-6-17(7-9-18)15-24-10-12-28-13-11-24/h3-9,14,16H,10-13,15H2,1-2H3,(H,23,25)/t16-/m1/s1. The largest absolute Gasteiger partial charge is 0.497 e. The van der Waals surface area contributed by atoms with E-state index in [0.29, 0.717) is 17.0 Å². The molecule has 0 aliphatic carbocycles. The van der Waals surface area contributed by atoms with Crippen LogP contribution in [0.3, 0.4) is 0 Å². The summed E-state index contributed by atoms with van der Waals surface area (Å²) in [6.45, 7) is 5.67. The van der Waals surface area contributed by atoms with Crippen molar-refractivity contribution in [1.29, 1.82) is 0 Å². The zero-order valence-electron chi connectivity index (χ0n) is 16.7. The van der Waals surface area contributed by atoms with Crippen LogP contribution in [0.25, 0.3) is 0 Å². The van der Waals surface area contributed by atoms with Crippen LogP contribution in [0, 0.1) is 0 Å². The average molecular weight is 398 g/mol. The molecule has 0 unspecified atom stereocenters. The molecule has 154 valence electrons. The molecule has 2 aromatic carbocycles. The number of rotatable bonds is 7. The number of esters is 1. The van der Waals surface area contributed by atoms with E-state index in [4.69, 9.17) is 14.2 Å². The maximum absolute atomic E-state index is 12.4. The summed E-state index contributed by atoms with van der Waals surface area (Å²) >= 11 is 0. The van der Waals surface area contributed by atoms with Crippen molar-refractivity contribution in [3.8, 4) is 5.75 Å². The molecule has 7 heteroatoms. The van der Waals surface area contributed by atoms with Gasteiger partial charge in [0.05, 0.1) is 25.9 Å². The average Bonchev–Trinajstić information content (AvgIpc) is 2.75. The number of carbonyl (C=O) groups excluding carboxylic acids is 2. The SMILES string of the molecule is COc1cccc(NC(=O)[C@@H](C)OC(=O)c2ccc(CN3CCOCC3)cc2)c1. The fraction of sp³-hybridized carbons (Fsp3) is 0.364. The molecule has 0 bridgehead atoms. The fourth-order valence-electron chi connectivity index (χ4n) is 2.99. The van der Waals surface area contributed by atoms with Crippen LogP contribution in [0.4, 0.5) is 5.69 Å². The van der Waals surface area contributed by atoms with Crippen LogP contribution in [0.15, 0.2) is 48.5 Å². The summed E-state index contributed by atoms with van der Waals surface area (Å²) in [6, 6.07) is 14.3. The Bertz CT molecular complexity index is 831. The number of ether oxygens (including phenoxy) is 3. The summed E-state index contributed by atoms with van der Waals surface area (Å²) < 4.78 is 15.8. The highest BCUT2D eigenvalue weighted by molar-refractivity contribution is 5.97. The Morgan fingerprint density at radius 3 is 2.55 bits per heavy atom. The lowest BCUT2D eigenvalue weighted by Crippen LogP contribution is -2.35. The first-order valence-electron chi connectivity index (χ1n) is 9.60. The van der Waals surface area contributed by atoms with E-state index < -0.39 is 18.0 Å². The molecular weight excluding hydrogens is 372 g/mol. The van der Waals surface area contributed by atoms with Crippen molar-refractivity contribution in [3.05, 3.63) is 59.7 Å². The van der Waals surface area contributed by atoms with Crippen LogP contribution in [-0.2, 0) is 20.8 Å². The van der Waals surface area contributed by atoms with Crippen LogP contribution in [0.5, 0.6) is 5.75 Å². The number of nitrogens with zero attached hydrogens (tertiary/aromatic N) is 1. The predicted molar refractivity (Wildman–Crippen MR) is 109 cm³/mol. The number of morpholine rings is 1. The van der Waals surface area contributed by atoms with Crippen molar-refractivity contribution >= 4 is 17.6 Å². The topological polar surface area (TPSA) is 77.1 Å². The van der Waals surface area contributed by atoms with Crippen LogP contribution in [0.2, 0.25) is 0 Å². The summed E-state index contributed by atoms with van der Waals surface area (Å²) in [6.07, 6.45) is -0.929. The van der Waals surface area contributed by atoms with Crippen LogP contribution >= 0.6 is 0 Å². The minimum absolute atomic E-state index is 0.407. The van der Waals surface area contributed by atoms with Gasteiger partial charge in [-0.2, -0.15) is 0 Å². The van der Waals surface area contributed by atoms with Gasteiger partial charge < -0.3 is 19.5 Å². The molecule has 1 N–H and O–H groups in total. The number of hydrogen-bond acceptors (Lipinski definition) is 6. The first-order chi connectivity index (χ1) is 14.0. The predicted octanol–water partition coefficient (Wildman–Crippen LogP) is 2.71. The van der Waals surface area contributed by atoms with Crippen molar-refractivity contribution in [2.75, 3.05) is 38.7 Å². The van der Waals surface area contributed by atoms with E-state index in [0.717, 1.165) is 38.4 Å². The van der Waals surface area contributed by atoms with Gasteiger partial charge >= 0.3 is 5.97 Å². The maximum atomic E-state index is 12.4. The van der Waals surface area contributed by atoms with Gasteiger partial charge in [-0.3, -0.25) is 9.69 Å². The van der Waals surface area contributed by atoms with Gasteiger partial charge in [-0.05, 0) is 36.8 Å². The van der Waals surface area contributed by atoms with Gasteiger partial charge in [0.15, 0.2) is 6.10 Å². The lowest BCUT2D eigenvalue weighted by molar-refractivity contribution is -0.123. The van der Waals surface area contributed by atoms with Gasteiger partial charge in [-0.1, -0.05) is 18.2 Å². The van der Waals surface area contributed by atoms with Gasteiger partial charge in [-0.25, -0.2) is 4.79 Å². The normalized spacial score (nSPS) is 15.4. The second kappa shape index (κ2) is 10.0. The summed E-state index contributed by atoms with van der Waals surface area (Å²) in [4.78, 5) is 27.0. The van der Waals surface area contributed by atoms with E-state index >= 15 is 0 Å². The lowest BCUT2D eigenvalue weighted by Gasteiger charge is -2.26. The second-order valence-electron chi connectivity index (χ2n) is 6.85. The van der Waals surface area contributed by atoms with E-state index in [1.54, 1.807) is 50.4 Å². The molecule has 1 saturated heterocycles. The molecule has 0 saturated carbocycles. The highest BCUT2D eigenvalue weighted by Crippen LogP contribution is 2.17. The zero-order chi connectivity index (χ0) is 20.6. The highest BCUT2D eigenvalue weighted by Gasteiger charge is 2.19. The molecule has 1 atom stereocenters. The number of benzene rings is 2. The number of methoxy groups -OCH3 is 1. The molecule has 1 aliphatic rings. The van der Waals surface area contributed by atoms with Gasteiger partial charge in [0.25, 0.3) is 5.91 Å². The van der Waals surface area contributed by atoms with Gasteiger partial charge in [0.2, 0.25) is 0 Å². The molecule has 0 radical (unpaired) electrons. The number of nitrogens with one attached hydrogen (secondary N) is 1. The first-order valence-corrected chi connectivity index (χ1v) is 9.60. The molecule has 1 heterocycles. The minimum atomic E-state index is -0.929. The minimum Gasteiger partial charge on any atom is -0.497 e. The Labute approximate surface area is 170 Å². The summed E-state index contributed by atoms with van der Waals surface area (Å²) in [5.41, 5.74) is 2.11.